The topological polar surface area (TPSA) is 0 Å². The van der Waals surface area contributed by atoms with E-state index >= 15 is 0 Å². The molecule has 0 saturated carbocycles. The smallest absolute Gasteiger partial charge is 0.0455 e. The highest BCUT2D eigenvalue weighted by Crippen LogP contribution is 2.50. The predicted molar refractivity (Wildman–Crippen MR) is 221 cm³/mol. The summed E-state index contributed by atoms with van der Waals surface area (Å²) >= 11 is 3.87. The van der Waals surface area contributed by atoms with Crippen molar-refractivity contribution in [3.05, 3.63) is 170 Å². The molecule has 0 saturated heterocycles. The second kappa shape index (κ2) is 10.9. The third kappa shape index (κ3) is 4.04. The van der Waals surface area contributed by atoms with E-state index in [-0.39, 0.29) is 0 Å². The first-order valence-corrected chi connectivity index (χ1v) is 18.7. The highest BCUT2D eigenvalue weighted by molar-refractivity contribution is 7.30. The SMILES string of the molecule is c1ccc(-c2ccc(-c3c4ccccc4c(-c4ccc5sc6c(c5c4)c4ccccc4c4sc5ccccc5c46)c4ccccc34)cc2)cc1. The third-order valence-electron chi connectivity index (χ3n) is 10.5. The molecule has 232 valence electrons. The van der Waals surface area contributed by atoms with E-state index in [1.807, 2.05) is 22.7 Å². The second-order valence-electron chi connectivity index (χ2n) is 13.1. The molecule has 0 aliphatic carbocycles. The van der Waals surface area contributed by atoms with Crippen molar-refractivity contribution in [2.75, 3.05) is 0 Å². The lowest BCUT2D eigenvalue weighted by Gasteiger charge is -2.18. The van der Waals surface area contributed by atoms with Crippen LogP contribution in [0.5, 0.6) is 0 Å². The van der Waals surface area contributed by atoms with E-state index in [2.05, 4.69) is 170 Å². The molecule has 0 N–H and O–H groups in total. The van der Waals surface area contributed by atoms with E-state index in [1.54, 1.807) is 0 Å². The van der Waals surface area contributed by atoms with E-state index in [0.717, 1.165) is 0 Å². The summed E-state index contributed by atoms with van der Waals surface area (Å²) in [5, 5.41) is 13.3. The Labute approximate surface area is 297 Å². The van der Waals surface area contributed by atoms with E-state index in [4.69, 9.17) is 0 Å². The Bertz CT molecular complexity index is 3070. The van der Waals surface area contributed by atoms with Gasteiger partial charge >= 0.3 is 0 Å². The maximum absolute atomic E-state index is 2.48. The fourth-order valence-electron chi connectivity index (χ4n) is 8.27. The third-order valence-corrected chi connectivity index (χ3v) is 12.8. The lowest BCUT2D eigenvalue weighted by Crippen LogP contribution is -1.91. The van der Waals surface area contributed by atoms with Crippen LogP contribution in [0.25, 0.3) is 106 Å². The van der Waals surface area contributed by atoms with Gasteiger partial charge in [-0.3, -0.25) is 0 Å². The Kier molecular flexibility index (Phi) is 6.09. The summed E-state index contributed by atoms with van der Waals surface area (Å²) in [5.41, 5.74) is 7.56. The van der Waals surface area contributed by atoms with Crippen LogP contribution >= 0.6 is 22.7 Å². The molecule has 0 radical (unpaired) electrons. The largest absolute Gasteiger partial charge is 0.134 e. The zero-order chi connectivity index (χ0) is 32.8. The normalized spacial score (nSPS) is 12.0. The summed E-state index contributed by atoms with van der Waals surface area (Å²) < 4.78 is 5.48. The fraction of sp³-hybridized carbons (Fsp3) is 0. The van der Waals surface area contributed by atoms with Gasteiger partial charge in [-0.2, -0.15) is 0 Å². The summed E-state index contributed by atoms with van der Waals surface area (Å²) in [5.74, 6) is 0. The van der Waals surface area contributed by atoms with Crippen LogP contribution in [0.4, 0.5) is 0 Å². The molecule has 0 spiro atoms. The Hall–Kier alpha value is -5.80. The van der Waals surface area contributed by atoms with Crippen molar-refractivity contribution in [1.82, 2.24) is 0 Å². The molecular weight excluding hydrogens is 641 g/mol. The second-order valence-corrected chi connectivity index (χ2v) is 15.3. The van der Waals surface area contributed by atoms with Crippen LogP contribution in [0.2, 0.25) is 0 Å². The maximum Gasteiger partial charge on any atom is 0.0455 e. The van der Waals surface area contributed by atoms with Crippen LogP contribution in [0.1, 0.15) is 0 Å². The van der Waals surface area contributed by atoms with E-state index in [1.165, 1.54) is 106 Å². The van der Waals surface area contributed by atoms with Crippen LogP contribution < -0.4 is 0 Å². The first kappa shape index (κ1) is 28.1. The Balaban J connectivity index is 1.20. The van der Waals surface area contributed by atoms with E-state index in [0.29, 0.717) is 0 Å². The summed E-state index contributed by atoms with van der Waals surface area (Å²) in [6.45, 7) is 0. The molecule has 11 rings (SSSR count). The van der Waals surface area contributed by atoms with Gasteiger partial charge in [-0.15, -0.1) is 22.7 Å². The molecular formula is C48H28S2. The molecule has 50 heavy (non-hydrogen) atoms. The number of thiophene rings is 2. The number of benzene rings is 9. The van der Waals surface area contributed by atoms with Crippen LogP contribution in [-0.2, 0) is 0 Å². The molecule has 11 aromatic rings. The van der Waals surface area contributed by atoms with Crippen molar-refractivity contribution in [1.29, 1.82) is 0 Å². The zero-order valence-corrected chi connectivity index (χ0v) is 28.6. The molecule has 0 bridgehead atoms. The first-order valence-electron chi connectivity index (χ1n) is 17.1. The average Bonchev–Trinajstić information content (AvgIpc) is 3.76. The standard InChI is InChI=1S/C48H28S2/c1-2-12-29(13-3-1)30-22-24-31(25-23-30)43-33-14-4-6-16-35(33)44(36-17-7-5-15-34(36)43)32-26-27-42-40(28-32)45-37-18-8-9-19-38(37)47-46(48(45)50-42)39-20-10-11-21-41(39)49-47/h1-28H. The van der Waals surface area contributed by atoms with Gasteiger partial charge in [0.25, 0.3) is 0 Å². The number of hydrogen-bond donors (Lipinski definition) is 0. The van der Waals surface area contributed by atoms with Crippen molar-refractivity contribution in [3.8, 4) is 33.4 Å². The minimum atomic E-state index is 1.23. The summed E-state index contributed by atoms with van der Waals surface area (Å²) in [6, 6.07) is 62.8. The summed E-state index contributed by atoms with van der Waals surface area (Å²) in [4.78, 5) is 0. The predicted octanol–water partition coefficient (Wildman–Crippen LogP) is 14.9. The van der Waals surface area contributed by atoms with Gasteiger partial charge in [0.1, 0.15) is 0 Å². The minimum absolute atomic E-state index is 1.23. The van der Waals surface area contributed by atoms with Crippen molar-refractivity contribution in [2.45, 2.75) is 0 Å². The molecule has 2 heterocycles. The first-order chi connectivity index (χ1) is 24.8. The number of hydrogen-bond acceptors (Lipinski definition) is 2. The Morgan fingerprint density at radius 1 is 0.260 bits per heavy atom. The van der Waals surface area contributed by atoms with Gasteiger partial charge < -0.3 is 0 Å². The van der Waals surface area contributed by atoms with Crippen molar-refractivity contribution < 1.29 is 0 Å². The fourth-order valence-corrected chi connectivity index (χ4v) is 10.8. The maximum atomic E-state index is 2.48. The summed E-state index contributed by atoms with van der Waals surface area (Å²) in [6.07, 6.45) is 0. The van der Waals surface area contributed by atoms with Crippen molar-refractivity contribution >= 4 is 95.3 Å². The molecule has 2 aromatic heterocycles. The monoisotopic (exact) mass is 668 g/mol. The van der Waals surface area contributed by atoms with Gasteiger partial charge in [-0.25, -0.2) is 0 Å². The average molecular weight is 669 g/mol. The Morgan fingerprint density at radius 2 is 0.720 bits per heavy atom. The molecule has 0 unspecified atom stereocenters. The van der Waals surface area contributed by atoms with Gasteiger partial charge in [-0.05, 0) is 78.5 Å². The molecule has 9 aromatic carbocycles. The van der Waals surface area contributed by atoms with Gasteiger partial charge in [0.05, 0.1) is 0 Å². The van der Waals surface area contributed by atoms with Crippen LogP contribution in [-0.4, -0.2) is 0 Å². The number of rotatable bonds is 3. The molecule has 2 heteroatoms. The van der Waals surface area contributed by atoms with E-state index < -0.39 is 0 Å². The molecule has 0 aliphatic rings. The van der Waals surface area contributed by atoms with Gasteiger partial charge in [-0.1, -0.05) is 152 Å². The lowest BCUT2D eigenvalue weighted by molar-refractivity contribution is 1.61. The van der Waals surface area contributed by atoms with Crippen LogP contribution in [0.3, 0.4) is 0 Å². The van der Waals surface area contributed by atoms with Gasteiger partial charge in [0.15, 0.2) is 0 Å². The quantitative estimate of drug-likeness (QED) is 0.164. The summed E-state index contributed by atoms with van der Waals surface area (Å²) in [7, 11) is 0. The van der Waals surface area contributed by atoms with E-state index in [9.17, 15) is 0 Å². The highest BCUT2D eigenvalue weighted by atomic mass is 32.1. The molecule has 0 fully saturated rings. The molecule has 0 nitrogen and oxygen atoms in total. The molecule has 0 amide bonds. The lowest BCUT2D eigenvalue weighted by atomic mass is 9.85. The van der Waals surface area contributed by atoms with Crippen molar-refractivity contribution in [2.24, 2.45) is 0 Å². The zero-order valence-electron chi connectivity index (χ0n) is 27.0. The van der Waals surface area contributed by atoms with Crippen LogP contribution in [0.15, 0.2) is 170 Å². The minimum Gasteiger partial charge on any atom is -0.134 e. The highest BCUT2D eigenvalue weighted by Gasteiger charge is 2.20. The number of fused-ring (bicyclic) bond motifs is 12. The molecule has 0 atom stereocenters. The van der Waals surface area contributed by atoms with Gasteiger partial charge in [0, 0.05) is 45.7 Å². The molecule has 0 aliphatic heterocycles. The van der Waals surface area contributed by atoms with Gasteiger partial charge in [0.2, 0.25) is 0 Å². The van der Waals surface area contributed by atoms with Crippen molar-refractivity contribution in [3.63, 3.8) is 0 Å². The Morgan fingerprint density at radius 3 is 1.40 bits per heavy atom. The van der Waals surface area contributed by atoms with Crippen LogP contribution in [0, 0.1) is 0 Å².